The smallest absolute Gasteiger partial charge is 0.240 e. The van der Waals surface area contributed by atoms with Crippen molar-refractivity contribution in [1.29, 1.82) is 0 Å². The molecular weight excluding hydrogens is 353 g/mol. The molecule has 0 fully saturated rings. The Labute approximate surface area is 152 Å². The molecule has 0 saturated carbocycles. The van der Waals surface area contributed by atoms with Crippen LogP contribution in [-0.4, -0.2) is 18.4 Å². The van der Waals surface area contributed by atoms with Crippen molar-refractivity contribution in [3.63, 3.8) is 0 Å². The molecule has 1 heterocycles. The molecule has 7 heteroatoms. The van der Waals surface area contributed by atoms with Gasteiger partial charge in [0.2, 0.25) is 10.0 Å². The first kappa shape index (κ1) is 18.2. The molecule has 26 heavy (non-hydrogen) atoms. The van der Waals surface area contributed by atoms with E-state index in [1.165, 1.54) is 18.5 Å². The molecule has 0 unspecified atom stereocenters. The van der Waals surface area contributed by atoms with Crippen LogP contribution in [0.5, 0.6) is 0 Å². The molecule has 0 amide bonds. The third kappa shape index (κ3) is 4.30. The van der Waals surface area contributed by atoms with Crippen LogP contribution in [0.1, 0.15) is 18.2 Å². The lowest BCUT2D eigenvalue weighted by Crippen LogP contribution is -2.23. The second-order valence-corrected chi connectivity index (χ2v) is 7.49. The van der Waals surface area contributed by atoms with Gasteiger partial charge in [-0.05, 0) is 54.4 Å². The van der Waals surface area contributed by atoms with E-state index in [1.54, 1.807) is 42.5 Å². The Morgan fingerprint density at radius 1 is 1.00 bits per heavy atom. The molecular formula is C19H18FN3O2S. The minimum atomic E-state index is -3.63. The van der Waals surface area contributed by atoms with E-state index in [9.17, 15) is 12.8 Å². The van der Waals surface area contributed by atoms with Crippen LogP contribution in [0, 0.1) is 5.82 Å². The zero-order valence-electron chi connectivity index (χ0n) is 14.2. The fourth-order valence-corrected chi connectivity index (χ4v) is 3.43. The van der Waals surface area contributed by atoms with Gasteiger partial charge in [0.25, 0.3) is 0 Å². The van der Waals surface area contributed by atoms with Crippen molar-refractivity contribution >= 4 is 10.0 Å². The normalized spacial score (nSPS) is 11.5. The summed E-state index contributed by atoms with van der Waals surface area (Å²) < 4.78 is 40.4. The average Bonchev–Trinajstić information content (AvgIpc) is 2.67. The third-order valence-electron chi connectivity index (χ3n) is 3.95. The Balaban J connectivity index is 1.74. The molecule has 1 N–H and O–H groups in total. The number of benzene rings is 2. The molecule has 0 saturated heterocycles. The Morgan fingerprint density at radius 3 is 2.35 bits per heavy atom. The van der Waals surface area contributed by atoms with Gasteiger partial charge in [0.05, 0.1) is 22.8 Å². The number of nitrogens with one attached hydrogen (secondary N) is 1. The highest BCUT2D eigenvalue weighted by Gasteiger charge is 2.14. The number of hydrogen-bond acceptors (Lipinski definition) is 4. The fraction of sp³-hybridized carbons (Fsp3) is 0.158. The maximum atomic E-state index is 13.0. The van der Waals surface area contributed by atoms with Crippen LogP contribution in [0.15, 0.2) is 65.8 Å². The Kier molecular flexibility index (Phi) is 5.39. The summed E-state index contributed by atoms with van der Waals surface area (Å²) in [7, 11) is -3.63. The maximum Gasteiger partial charge on any atom is 0.240 e. The molecule has 134 valence electrons. The van der Waals surface area contributed by atoms with Crippen molar-refractivity contribution < 1.29 is 12.8 Å². The number of aryl methyl sites for hydroxylation is 1. The molecule has 0 atom stereocenters. The highest BCUT2D eigenvalue weighted by Crippen LogP contribution is 2.18. The van der Waals surface area contributed by atoms with Crippen molar-refractivity contribution in [2.24, 2.45) is 0 Å². The molecule has 1 aromatic heterocycles. The van der Waals surface area contributed by atoms with Crippen molar-refractivity contribution in [2.45, 2.75) is 24.8 Å². The van der Waals surface area contributed by atoms with Crippen LogP contribution in [0.2, 0.25) is 0 Å². The van der Waals surface area contributed by atoms with Crippen LogP contribution in [-0.2, 0) is 23.0 Å². The van der Waals surface area contributed by atoms with E-state index in [1.807, 2.05) is 6.92 Å². The maximum absolute atomic E-state index is 13.0. The van der Waals surface area contributed by atoms with Gasteiger partial charge in [0.1, 0.15) is 12.1 Å². The zero-order valence-corrected chi connectivity index (χ0v) is 15.0. The second kappa shape index (κ2) is 7.72. The molecule has 0 aliphatic rings. The molecule has 3 aromatic rings. The quantitative estimate of drug-likeness (QED) is 0.721. The van der Waals surface area contributed by atoms with Gasteiger partial charge in [-0.1, -0.05) is 19.1 Å². The van der Waals surface area contributed by atoms with E-state index in [2.05, 4.69) is 14.7 Å². The highest BCUT2D eigenvalue weighted by molar-refractivity contribution is 7.89. The first-order chi connectivity index (χ1) is 12.5. The third-order valence-corrected chi connectivity index (χ3v) is 5.37. The van der Waals surface area contributed by atoms with Crippen LogP contribution in [0.4, 0.5) is 4.39 Å². The number of nitrogens with zero attached hydrogens (tertiary/aromatic N) is 2. The lowest BCUT2D eigenvalue weighted by atomic mass is 10.1. The van der Waals surface area contributed by atoms with Gasteiger partial charge in [-0.25, -0.2) is 27.5 Å². The lowest BCUT2D eigenvalue weighted by Gasteiger charge is -2.08. The standard InChI is InChI=1S/C19H18FN3O2S/c1-2-14-3-9-18(10-4-14)26(24,25)23-12-17-11-19(22-13-21-17)15-5-7-16(20)8-6-15/h3-11,13,23H,2,12H2,1H3. The van der Waals surface area contributed by atoms with Gasteiger partial charge in [0, 0.05) is 5.56 Å². The van der Waals surface area contributed by atoms with Crippen molar-refractivity contribution in [1.82, 2.24) is 14.7 Å². The summed E-state index contributed by atoms with van der Waals surface area (Å²) in [5, 5.41) is 0. The van der Waals surface area contributed by atoms with Gasteiger partial charge in [0.15, 0.2) is 0 Å². The summed E-state index contributed by atoms with van der Waals surface area (Å²) in [5.41, 5.74) is 2.92. The minimum absolute atomic E-state index is 0.0363. The van der Waals surface area contributed by atoms with Gasteiger partial charge in [-0.2, -0.15) is 0 Å². The topological polar surface area (TPSA) is 72.0 Å². The summed E-state index contributed by atoms with van der Waals surface area (Å²) >= 11 is 0. The van der Waals surface area contributed by atoms with Crippen LogP contribution in [0.25, 0.3) is 11.3 Å². The number of aromatic nitrogens is 2. The first-order valence-electron chi connectivity index (χ1n) is 8.13. The molecule has 3 rings (SSSR count). The number of hydrogen-bond donors (Lipinski definition) is 1. The van der Waals surface area contributed by atoms with Crippen molar-refractivity contribution in [2.75, 3.05) is 0 Å². The molecule has 5 nitrogen and oxygen atoms in total. The van der Waals surface area contributed by atoms with Gasteiger partial charge in [-0.3, -0.25) is 0 Å². The summed E-state index contributed by atoms with van der Waals surface area (Å²) in [5.74, 6) is -0.329. The van der Waals surface area contributed by atoms with Crippen molar-refractivity contribution in [3.05, 3.63) is 78.0 Å². The second-order valence-electron chi connectivity index (χ2n) is 5.72. The van der Waals surface area contributed by atoms with Crippen LogP contribution < -0.4 is 4.72 Å². The molecule has 0 aliphatic heterocycles. The SMILES string of the molecule is CCc1ccc(S(=O)(=O)NCc2cc(-c3ccc(F)cc3)ncn2)cc1. The molecule has 0 spiro atoms. The molecule has 0 radical (unpaired) electrons. The number of halogens is 1. The zero-order chi connectivity index (χ0) is 18.6. The summed E-state index contributed by atoms with van der Waals surface area (Å²) in [6, 6.07) is 14.4. The van der Waals surface area contributed by atoms with Crippen LogP contribution in [0.3, 0.4) is 0 Å². The monoisotopic (exact) mass is 371 g/mol. The van der Waals surface area contributed by atoms with E-state index in [0.717, 1.165) is 17.5 Å². The fourth-order valence-electron chi connectivity index (χ4n) is 2.43. The predicted octanol–water partition coefficient (Wildman–Crippen LogP) is 3.32. The minimum Gasteiger partial charge on any atom is -0.240 e. The summed E-state index contributed by atoms with van der Waals surface area (Å²) in [6.45, 7) is 2.05. The largest absolute Gasteiger partial charge is 0.240 e. The Bertz CT molecular complexity index is 988. The molecule has 2 aromatic carbocycles. The van der Waals surface area contributed by atoms with E-state index >= 15 is 0 Å². The van der Waals surface area contributed by atoms with Crippen molar-refractivity contribution in [3.8, 4) is 11.3 Å². The van der Waals surface area contributed by atoms with E-state index in [4.69, 9.17) is 0 Å². The van der Waals surface area contributed by atoms with E-state index < -0.39 is 10.0 Å². The molecule has 0 aliphatic carbocycles. The Hall–Kier alpha value is -2.64. The lowest BCUT2D eigenvalue weighted by molar-refractivity contribution is 0.580. The summed E-state index contributed by atoms with van der Waals surface area (Å²) in [4.78, 5) is 8.46. The van der Waals surface area contributed by atoms with Gasteiger partial charge < -0.3 is 0 Å². The summed E-state index contributed by atoms with van der Waals surface area (Å²) in [6.07, 6.45) is 2.21. The number of rotatable bonds is 6. The number of sulfonamides is 1. The van der Waals surface area contributed by atoms with Gasteiger partial charge in [-0.15, -0.1) is 0 Å². The van der Waals surface area contributed by atoms with E-state index in [-0.39, 0.29) is 17.3 Å². The molecule has 0 bridgehead atoms. The average molecular weight is 371 g/mol. The van der Waals surface area contributed by atoms with Gasteiger partial charge >= 0.3 is 0 Å². The van der Waals surface area contributed by atoms with Crippen LogP contribution >= 0.6 is 0 Å². The predicted molar refractivity (Wildman–Crippen MR) is 97.3 cm³/mol. The Morgan fingerprint density at radius 2 is 1.69 bits per heavy atom. The van der Waals surface area contributed by atoms with E-state index in [0.29, 0.717) is 11.4 Å². The highest BCUT2D eigenvalue weighted by atomic mass is 32.2. The first-order valence-corrected chi connectivity index (χ1v) is 9.62.